The molecular weight excluding hydrogens is 524 g/mol. The lowest BCUT2D eigenvalue weighted by Gasteiger charge is -2.14. The first-order chi connectivity index (χ1) is 16.2. The molecule has 0 aliphatic carbocycles. The van der Waals surface area contributed by atoms with Gasteiger partial charge in [0.05, 0.1) is 11.6 Å². The maximum Gasteiger partial charge on any atom is 0.328 e. The zero-order valence-corrected chi connectivity index (χ0v) is 21.4. The highest BCUT2D eigenvalue weighted by molar-refractivity contribution is 9.10. The Morgan fingerprint density at radius 2 is 1.88 bits per heavy atom. The maximum absolute atomic E-state index is 13.2. The fraction of sp³-hybridized carbons (Fsp3) is 0.292. The van der Waals surface area contributed by atoms with Crippen LogP contribution < -0.4 is 16.1 Å². The van der Waals surface area contributed by atoms with Gasteiger partial charge in [-0.2, -0.15) is 0 Å². The number of rotatable bonds is 8. The number of anilines is 1. The second-order valence-electron chi connectivity index (χ2n) is 7.90. The van der Waals surface area contributed by atoms with Gasteiger partial charge in [-0.05, 0) is 69.2 Å². The van der Waals surface area contributed by atoms with E-state index in [0.29, 0.717) is 46.7 Å². The summed E-state index contributed by atoms with van der Waals surface area (Å²) >= 11 is 9.58. The number of halogens is 2. The molecule has 1 aromatic heterocycles. The molecule has 0 aliphatic heterocycles. The molecule has 3 N–H and O–H groups in total. The molecule has 3 aromatic rings. The topological polar surface area (TPSA) is 101 Å². The van der Waals surface area contributed by atoms with E-state index in [1.54, 1.807) is 43.3 Å². The number of fused-ring (bicyclic) bond motifs is 1. The summed E-state index contributed by atoms with van der Waals surface area (Å²) in [5.41, 5.74) is 4.51. The molecule has 1 heterocycles. The lowest BCUT2D eigenvalue weighted by molar-refractivity contribution is -0.136. The molecule has 34 heavy (non-hydrogen) atoms. The number of carbonyl (C=O) groups excluding carboxylic acids is 3. The molecule has 3 amide bonds. The van der Waals surface area contributed by atoms with Crippen molar-refractivity contribution in [2.45, 2.75) is 33.3 Å². The van der Waals surface area contributed by atoms with E-state index in [4.69, 9.17) is 16.3 Å². The van der Waals surface area contributed by atoms with Gasteiger partial charge in [0.1, 0.15) is 5.69 Å². The fourth-order valence-electron chi connectivity index (χ4n) is 3.23. The molecule has 180 valence electrons. The number of benzene rings is 2. The molecule has 0 spiro atoms. The molecule has 0 saturated heterocycles. The van der Waals surface area contributed by atoms with Crippen LogP contribution in [0.2, 0.25) is 5.02 Å². The number of aromatic nitrogens is 1. The van der Waals surface area contributed by atoms with Gasteiger partial charge in [-0.1, -0.05) is 33.6 Å². The van der Waals surface area contributed by atoms with Crippen LogP contribution in [0.15, 0.2) is 46.9 Å². The van der Waals surface area contributed by atoms with E-state index < -0.39 is 17.7 Å². The van der Waals surface area contributed by atoms with Gasteiger partial charge in [0.25, 0.3) is 5.91 Å². The Labute approximate surface area is 211 Å². The van der Waals surface area contributed by atoms with Crippen LogP contribution in [0.1, 0.15) is 36.3 Å². The van der Waals surface area contributed by atoms with Gasteiger partial charge in [-0.25, -0.2) is 4.68 Å². The largest absolute Gasteiger partial charge is 0.379 e. The highest BCUT2D eigenvalue weighted by Crippen LogP contribution is 2.26. The standard InChI is InChI=1S/C24H26BrClN4O4/c1-14(2)34-11-5-10-27-23(32)24(33)29-30-20-9-8-17(25)12-16(20)13-21(30)22(31)28-19-7-4-6-18(26)15(19)3/h4,6-9,12-14H,5,10-11H2,1-3H3,(H,27,32)(H,28,31)(H,29,33). The highest BCUT2D eigenvalue weighted by atomic mass is 79.9. The summed E-state index contributed by atoms with van der Waals surface area (Å²) in [6.07, 6.45) is 0.672. The maximum atomic E-state index is 13.2. The van der Waals surface area contributed by atoms with Crippen molar-refractivity contribution in [1.82, 2.24) is 9.99 Å². The van der Waals surface area contributed by atoms with Gasteiger partial charge in [0.15, 0.2) is 0 Å². The Morgan fingerprint density at radius 3 is 2.62 bits per heavy atom. The van der Waals surface area contributed by atoms with Crippen LogP contribution in [-0.2, 0) is 14.3 Å². The molecule has 0 aliphatic rings. The van der Waals surface area contributed by atoms with E-state index in [9.17, 15) is 14.4 Å². The molecule has 10 heteroatoms. The predicted octanol–water partition coefficient (Wildman–Crippen LogP) is 4.62. The zero-order valence-electron chi connectivity index (χ0n) is 19.1. The van der Waals surface area contributed by atoms with Crippen LogP contribution in [0.4, 0.5) is 5.69 Å². The number of ether oxygens (including phenoxy) is 1. The molecular formula is C24H26BrClN4O4. The minimum atomic E-state index is -0.891. The van der Waals surface area contributed by atoms with Crippen molar-refractivity contribution in [2.75, 3.05) is 23.9 Å². The average molecular weight is 550 g/mol. The quantitative estimate of drug-likeness (QED) is 0.282. The predicted molar refractivity (Wildman–Crippen MR) is 137 cm³/mol. The van der Waals surface area contributed by atoms with Gasteiger partial charge >= 0.3 is 11.8 Å². The Hall–Kier alpha value is -2.88. The molecule has 2 aromatic carbocycles. The number of nitrogens with zero attached hydrogens (tertiary/aromatic N) is 1. The molecule has 0 unspecified atom stereocenters. The first-order valence-corrected chi connectivity index (χ1v) is 11.9. The summed E-state index contributed by atoms with van der Waals surface area (Å²) in [5.74, 6) is -2.16. The monoisotopic (exact) mass is 548 g/mol. The Balaban J connectivity index is 1.80. The highest BCUT2D eigenvalue weighted by Gasteiger charge is 2.21. The summed E-state index contributed by atoms with van der Waals surface area (Å²) in [6.45, 7) is 6.41. The molecule has 0 atom stereocenters. The van der Waals surface area contributed by atoms with Crippen LogP contribution in [0.5, 0.6) is 0 Å². The van der Waals surface area contributed by atoms with Crippen molar-refractivity contribution in [3.8, 4) is 0 Å². The number of carbonyl (C=O) groups is 3. The second kappa shape index (κ2) is 11.5. The molecule has 0 fully saturated rings. The summed E-state index contributed by atoms with van der Waals surface area (Å²) in [6, 6.07) is 12.2. The molecule has 8 nitrogen and oxygen atoms in total. The van der Waals surface area contributed by atoms with Crippen molar-refractivity contribution in [3.63, 3.8) is 0 Å². The summed E-state index contributed by atoms with van der Waals surface area (Å²) in [4.78, 5) is 38.1. The smallest absolute Gasteiger partial charge is 0.328 e. The SMILES string of the molecule is Cc1c(Cl)cccc1NC(=O)c1cc2cc(Br)ccc2n1NC(=O)C(=O)NCCCOC(C)C. The zero-order chi connectivity index (χ0) is 24.8. The third-order valence-corrected chi connectivity index (χ3v) is 5.89. The molecule has 0 saturated carbocycles. The van der Waals surface area contributed by atoms with E-state index >= 15 is 0 Å². The van der Waals surface area contributed by atoms with Crippen LogP contribution in [0, 0.1) is 6.92 Å². The van der Waals surface area contributed by atoms with Gasteiger partial charge < -0.3 is 15.4 Å². The first kappa shape index (κ1) is 25.7. The van der Waals surface area contributed by atoms with Crippen molar-refractivity contribution >= 4 is 61.8 Å². The van der Waals surface area contributed by atoms with E-state index in [-0.39, 0.29) is 11.8 Å². The first-order valence-electron chi connectivity index (χ1n) is 10.8. The molecule has 0 radical (unpaired) electrons. The third kappa shape index (κ3) is 6.37. The number of hydrogen-bond acceptors (Lipinski definition) is 4. The minimum Gasteiger partial charge on any atom is -0.379 e. The minimum absolute atomic E-state index is 0.0984. The number of nitrogens with one attached hydrogen (secondary N) is 3. The van der Waals surface area contributed by atoms with E-state index in [1.165, 1.54) is 4.68 Å². The molecule has 0 bridgehead atoms. The van der Waals surface area contributed by atoms with Crippen LogP contribution in [0.3, 0.4) is 0 Å². The second-order valence-corrected chi connectivity index (χ2v) is 9.23. The van der Waals surface area contributed by atoms with Crippen molar-refractivity contribution in [3.05, 3.63) is 63.2 Å². The Bertz CT molecular complexity index is 1230. The van der Waals surface area contributed by atoms with Crippen molar-refractivity contribution < 1.29 is 19.1 Å². The van der Waals surface area contributed by atoms with Crippen LogP contribution >= 0.6 is 27.5 Å². The number of hydrogen-bond donors (Lipinski definition) is 3. The van der Waals surface area contributed by atoms with Gasteiger partial charge in [-0.15, -0.1) is 0 Å². The normalized spacial score (nSPS) is 11.0. The van der Waals surface area contributed by atoms with Gasteiger partial charge in [0, 0.05) is 33.7 Å². The summed E-state index contributed by atoms with van der Waals surface area (Å²) in [7, 11) is 0. The third-order valence-electron chi connectivity index (χ3n) is 4.99. The Kier molecular flexibility index (Phi) is 8.71. The summed E-state index contributed by atoms with van der Waals surface area (Å²) < 4.78 is 7.54. The lowest BCUT2D eigenvalue weighted by atomic mass is 10.2. The molecule has 3 rings (SSSR count). The van der Waals surface area contributed by atoms with Gasteiger partial charge in [-0.3, -0.25) is 19.8 Å². The van der Waals surface area contributed by atoms with E-state index in [1.807, 2.05) is 19.9 Å². The van der Waals surface area contributed by atoms with Crippen molar-refractivity contribution in [2.24, 2.45) is 0 Å². The van der Waals surface area contributed by atoms with E-state index in [0.717, 1.165) is 4.47 Å². The van der Waals surface area contributed by atoms with Gasteiger partial charge in [0.2, 0.25) is 0 Å². The van der Waals surface area contributed by atoms with Crippen LogP contribution in [0.25, 0.3) is 10.9 Å². The average Bonchev–Trinajstić information content (AvgIpc) is 3.13. The fourth-order valence-corrected chi connectivity index (χ4v) is 3.78. The van der Waals surface area contributed by atoms with Crippen LogP contribution in [-0.4, -0.2) is 41.7 Å². The Morgan fingerprint density at radius 1 is 1.12 bits per heavy atom. The van der Waals surface area contributed by atoms with E-state index in [2.05, 4.69) is 32.0 Å². The summed E-state index contributed by atoms with van der Waals surface area (Å²) in [5, 5.41) is 6.60. The lowest BCUT2D eigenvalue weighted by Crippen LogP contribution is -2.40. The number of amides is 3. The van der Waals surface area contributed by atoms with Crippen molar-refractivity contribution in [1.29, 1.82) is 0 Å².